The van der Waals surface area contributed by atoms with Crippen LogP contribution in [-0.2, 0) is 9.59 Å². The Kier molecular flexibility index (Phi) is 6.56. The van der Waals surface area contributed by atoms with Gasteiger partial charge in [-0.2, -0.15) is 0 Å². The molecule has 1 heterocycles. The molecule has 1 saturated heterocycles. The van der Waals surface area contributed by atoms with Crippen molar-refractivity contribution in [2.75, 3.05) is 13.2 Å². The Balaban J connectivity index is 1.79. The van der Waals surface area contributed by atoms with E-state index in [0.717, 1.165) is 12.8 Å². The molecule has 2 N–H and O–H groups in total. The summed E-state index contributed by atoms with van der Waals surface area (Å²) in [6, 6.07) is 7.14. The molecule has 1 fully saturated rings. The summed E-state index contributed by atoms with van der Waals surface area (Å²) in [4.78, 5) is 36.9. The summed E-state index contributed by atoms with van der Waals surface area (Å²) in [5.74, 6) is 0.0626. The molecule has 2 rings (SSSR count). The second kappa shape index (κ2) is 8.65. The van der Waals surface area contributed by atoms with Crippen LogP contribution in [0, 0.1) is 5.92 Å². The third-order valence-corrected chi connectivity index (χ3v) is 4.65. The first-order valence-corrected chi connectivity index (χ1v) is 8.71. The fourth-order valence-electron chi connectivity index (χ4n) is 3.05. The highest BCUT2D eigenvalue weighted by Crippen LogP contribution is 2.22. The first kappa shape index (κ1) is 19.0. The lowest BCUT2D eigenvalue weighted by atomic mass is 9.92. The van der Waals surface area contributed by atoms with Gasteiger partial charge in [-0.15, -0.1) is 0 Å². The van der Waals surface area contributed by atoms with Gasteiger partial charge in [-0.1, -0.05) is 12.1 Å². The van der Waals surface area contributed by atoms with E-state index < -0.39 is 0 Å². The van der Waals surface area contributed by atoms with Crippen LogP contribution in [0.15, 0.2) is 24.3 Å². The molecule has 1 aromatic carbocycles. The number of ether oxygens (including phenoxy) is 1. The number of likely N-dealkylation sites (tertiary alicyclic amines) is 1. The number of amides is 2. The summed E-state index contributed by atoms with van der Waals surface area (Å²) < 4.78 is 5.62. The zero-order valence-electron chi connectivity index (χ0n) is 14.9. The maximum Gasteiger partial charge on any atom is 0.222 e. The molecule has 0 bridgehead atoms. The summed E-state index contributed by atoms with van der Waals surface area (Å²) in [5, 5.41) is 0. The van der Waals surface area contributed by atoms with Crippen LogP contribution >= 0.6 is 0 Å². The van der Waals surface area contributed by atoms with Crippen LogP contribution in [0.4, 0.5) is 0 Å². The summed E-state index contributed by atoms with van der Waals surface area (Å²) in [5.41, 5.74) is 5.98. The van der Waals surface area contributed by atoms with Crippen molar-refractivity contribution in [3.8, 4) is 5.75 Å². The maximum atomic E-state index is 12.4. The number of carbonyl (C=O) groups excluding carboxylic acids is 3. The topological polar surface area (TPSA) is 89.7 Å². The molecule has 0 saturated carbocycles. The normalized spacial score (nSPS) is 20.2. The van der Waals surface area contributed by atoms with Gasteiger partial charge < -0.3 is 15.4 Å². The van der Waals surface area contributed by atoms with Crippen LogP contribution in [0.3, 0.4) is 0 Å². The first-order chi connectivity index (χ1) is 11.9. The number of hydrogen-bond donors (Lipinski definition) is 1. The lowest BCUT2D eigenvalue weighted by molar-refractivity contribution is -0.137. The minimum Gasteiger partial charge on any atom is -0.494 e. The quantitative estimate of drug-likeness (QED) is 0.605. The second-order valence-electron chi connectivity index (χ2n) is 6.61. The number of nitrogens with two attached hydrogens (primary N) is 1. The number of Topliss-reactive ketones (excluding diaryl/α,β-unsaturated/α-hetero) is 1. The predicted octanol–water partition coefficient (Wildman–Crippen LogP) is 2.16. The summed E-state index contributed by atoms with van der Waals surface area (Å²) in [6.45, 7) is 4.32. The van der Waals surface area contributed by atoms with Gasteiger partial charge in [0.15, 0.2) is 5.78 Å². The van der Waals surface area contributed by atoms with Gasteiger partial charge in [0, 0.05) is 24.6 Å². The van der Waals surface area contributed by atoms with Crippen molar-refractivity contribution in [1.29, 1.82) is 0 Å². The average molecular weight is 346 g/mol. The molecule has 1 aliphatic rings. The standard InChI is InChI=1S/C19H26N2O4/c1-13-8-9-16(19(20)24)12-21(13)18(23)7-4-10-25-17-6-3-5-15(11-17)14(2)22/h3,5-6,11,13,16H,4,7-10,12H2,1-2H3,(H2,20,24)/t13-,16+/m0/s1. The molecule has 0 aromatic heterocycles. The van der Waals surface area contributed by atoms with Crippen molar-refractivity contribution in [3.63, 3.8) is 0 Å². The predicted molar refractivity (Wildman–Crippen MR) is 94.3 cm³/mol. The zero-order chi connectivity index (χ0) is 18.4. The first-order valence-electron chi connectivity index (χ1n) is 8.71. The average Bonchev–Trinajstić information content (AvgIpc) is 2.59. The van der Waals surface area contributed by atoms with Crippen molar-refractivity contribution in [1.82, 2.24) is 4.90 Å². The van der Waals surface area contributed by atoms with Crippen molar-refractivity contribution >= 4 is 17.6 Å². The van der Waals surface area contributed by atoms with E-state index in [0.29, 0.717) is 37.3 Å². The molecule has 2 amide bonds. The van der Waals surface area contributed by atoms with Gasteiger partial charge in [0.1, 0.15) is 5.75 Å². The lowest BCUT2D eigenvalue weighted by Gasteiger charge is -2.37. The van der Waals surface area contributed by atoms with Crippen molar-refractivity contribution in [3.05, 3.63) is 29.8 Å². The summed E-state index contributed by atoms with van der Waals surface area (Å²) >= 11 is 0. The highest BCUT2D eigenvalue weighted by atomic mass is 16.5. The highest BCUT2D eigenvalue weighted by molar-refractivity contribution is 5.94. The van der Waals surface area contributed by atoms with Crippen LogP contribution in [0.1, 0.15) is 49.9 Å². The van der Waals surface area contributed by atoms with Crippen molar-refractivity contribution < 1.29 is 19.1 Å². The van der Waals surface area contributed by atoms with E-state index in [1.54, 1.807) is 29.2 Å². The maximum absolute atomic E-state index is 12.4. The molecule has 1 aromatic rings. The van der Waals surface area contributed by atoms with E-state index in [1.807, 2.05) is 6.92 Å². The van der Waals surface area contributed by atoms with E-state index in [1.165, 1.54) is 6.92 Å². The van der Waals surface area contributed by atoms with Crippen LogP contribution < -0.4 is 10.5 Å². The van der Waals surface area contributed by atoms with Gasteiger partial charge in [0.05, 0.1) is 12.5 Å². The van der Waals surface area contributed by atoms with Crippen molar-refractivity contribution in [2.24, 2.45) is 11.7 Å². The molecule has 0 unspecified atom stereocenters. The highest BCUT2D eigenvalue weighted by Gasteiger charge is 2.31. The zero-order valence-corrected chi connectivity index (χ0v) is 14.9. The Hall–Kier alpha value is -2.37. The Bertz CT molecular complexity index is 644. The van der Waals surface area contributed by atoms with Gasteiger partial charge in [0.2, 0.25) is 11.8 Å². The lowest BCUT2D eigenvalue weighted by Crippen LogP contribution is -2.48. The molecule has 6 nitrogen and oxygen atoms in total. The molecule has 0 radical (unpaired) electrons. The number of ketones is 1. The van der Waals surface area contributed by atoms with E-state index in [9.17, 15) is 14.4 Å². The largest absolute Gasteiger partial charge is 0.494 e. The molecule has 25 heavy (non-hydrogen) atoms. The number of nitrogens with zero attached hydrogens (tertiary/aromatic N) is 1. The smallest absolute Gasteiger partial charge is 0.222 e. The Morgan fingerprint density at radius 2 is 2.04 bits per heavy atom. The van der Waals surface area contributed by atoms with Crippen LogP contribution in [-0.4, -0.2) is 41.7 Å². The van der Waals surface area contributed by atoms with E-state index >= 15 is 0 Å². The van der Waals surface area contributed by atoms with Gasteiger partial charge >= 0.3 is 0 Å². The minimum atomic E-state index is -0.335. The number of piperidine rings is 1. The monoisotopic (exact) mass is 346 g/mol. The van der Waals surface area contributed by atoms with Gasteiger partial charge in [-0.25, -0.2) is 0 Å². The van der Waals surface area contributed by atoms with Crippen molar-refractivity contribution in [2.45, 2.75) is 45.6 Å². The van der Waals surface area contributed by atoms with E-state index in [2.05, 4.69) is 0 Å². The van der Waals surface area contributed by atoms with E-state index in [4.69, 9.17) is 10.5 Å². The van der Waals surface area contributed by atoms with Gasteiger partial charge in [-0.3, -0.25) is 14.4 Å². The van der Waals surface area contributed by atoms with Gasteiger partial charge in [0.25, 0.3) is 0 Å². The van der Waals surface area contributed by atoms with E-state index in [-0.39, 0.29) is 29.6 Å². The Morgan fingerprint density at radius 1 is 1.28 bits per heavy atom. The number of hydrogen-bond acceptors (Lipinski definition) is 4. The third-order valence-electron chi connectivity index (χ3n) is 4.65. The van der Waals surface area contributed by atoms with Crippen LogP contribution in [0.25, 0.3) is 0 Å². The number of benzene rings is 1. The Labute approximate surface area is 148 Å². The molecule has 2 atom stereocenters. The molecule has 0 aliphatic carbocycles. The van der Waals surface area contributed by atoms with Gasteiger partial charge in [-0.05, 0) is 45.2 Å². The van der Waals surface area contributed by atoms with Crippen LogP contribution in [0.2, 0.25) is 0 Å². The molecule has 0 spiro atoms. The number of rotatable bonds is 7. The molecule has 6 heteroatoms. The molecular weight excluding hydrogens is 320 g/mol. The number of primary amides is 1. The summed E-state index contributed by atoms with van der Waals surface area (Å²) in [6.07, 6.45) is 2.49. The minimum absolute atomic E-state index is 0.0104. The molecular formula is C19H26N2O4. The molecule has 136 valence electrons. The summed E-state index contributed by atoms with van der Waals surface area (Å²) in [7, 11) is 0. The third kappa shape index (κ3) is 5.31. The second-order valence-corrected chi connectivity index (χ2v) is 6.61. The fourth-order valence-corrected chi connectivity index (χ4v) is 3.05. The fraction of sp³-hybridized carbons (Fsp3) is 0.526. The Morgan fingerprint density at radius 3 is 2.72 bits per heavy atom. The SMILES string of the molecule is CC(=O)c1cccc(OCCCC(=O)N2C[C@H](C(N)=O)CC[C@@H]2C)c1. The molecule has 1 aliphatic heterocycles. The van der Waals surface area contributed by atoms with Crippen LogP contribution in [0.5, 0.6) is 5.75 Å². The number of carbonyl (C=O) groups is 3.